The predicted molar refractivity (Wildman–Crippen MR) is 106 cm³/mol. The fourth-order valence-electron chi connectivity index (χ4n) is 2.80. The van der Waals surface area contributed by atoms with Gasteiger partial charge in [0.2, 0.25) is 0 Å². The Balaban J connectivity index is 2.04. The summed E-state index contributed by atoms with van der Waals surface area (Å²) in [4.78, 5) is 30.1. The van der Waals surface area contributed by atoms with E-state index in [9.17, 15) is 9.59 Å². The summed E-state index contributed by atoms with van der Waals surface area (Å²) in [6, 6.07) is 6.88. The van der Waals surface area contributed by atoms with Crippen LogP contribution >= 0.6 is 11.3 Å². The van der Waals surface area contributed by atoms with Crippen molar-refractivity contribution in [1.29, 1.82) is 0 Å². The lowest BCUT2D eigenvalue weighted by molar-refractivity contribution is -0.146. The van der Waals surface area contributed by atoms with Crippen LogP contribution in [0.5, 0.6) is 5.75 Å². The number of thiophene rings is 1. The van der Waals surface area contributed by atoms with Crippen LogP contribution in [0.1, 0.15) is 33.7 Å². The molecule has 0 aliphatic heterocycles. The van der Waals surface area contributed by atoms with Crippen molar-refractivity contribution in [3.63, 3.8) is 0 Å². The van der Waals surface area contributed by atoms with Crippen molar-refractivity contribution in [3.8, 4) is 16.9 Å². The van der Waals surface area contributed by atoms with E-state index in [1.54, 1.807) is 13.8 Å². The van der Waals surface area contributed by atoms with Gasteiger partial charge in [-0.3, -0.25) is 9.36 Å². The summed E-state index contributed by atoms with van der Waals surface area (Å²) in [6.45, 7) is 7.58. The van der Waals surface area contributed by atoms with E-state index in [1.807, 2.05) is 43.5 Å². The molecule has 27 heavy (non-hydrogen) atoms. The molecule has 0 bridgehead atoms. The Hall–Kier alpha value is -2.67. The van der Waals surface area contributed by atoms with Gasteiger partial charge in [0.25, 0.3) is 5.56 Å². The first-order valence-electron chi connectivity index (χ1n) is 8.84. The third-order valence-electron chi connectivity index (χ3n) is 4.10. The molecule has 0 amide bonds. The highest BCUT2D eigenvalue weighted by molar-refractivity contribution is 7.17. The summed E-state index contributed by atoms with van der Waals surface area (Å²) < 4.78 is 12.0. The van der Waals surface area contributed by atoms with Crippen molar-refractivity contribution in [2.24, 2.45) is 0 Å². The number of carbonyl (C=O) groups is 1. The molecule has 0 radical (unpaired) electrons. The molecule has 1 unspecified atom stereocenters. The lowest BCUT2D eigenvalue weighted by Crippen LogP contribution is -2.29. The second-order valence-corrected chi connectivity index (χ2v) is 7.26. The second-order valence-electron chi connectivity index (χ2n) is 6.41. The highest BCUT2D eigenvalue weighted by Gasteiger charge is 2.21. The van der Waals surface area contributed by atoms with Crippen LogP contribution in [0.25, 0.3) is 21.3 Å². The van der Waals surface area contributed by atoms with Crippen molar-refractivity contribution in [3.05, 3.63) is 46.3 Å². The molecule has 1 aromatic carbocycles. The van der Waals surface area contributed by atoms with E-state index >= 15 is 0 Å². The van der Waals surface area contributed by atoms with Gasteiger partial charge in [0, 0.05) is 10.9 Å². The van der Waals surface area contributed by atoms with Gasteiger partial charge in [-0.1, -0.05) is 12.1 Å². The van der Waals surface area contributed by atoms with E-state index in [0.29, 0.717) is 10.2 Å². The molecule has 3 rings (SSSR count). The minimum atomic E-state index is -0.732. The van der Waals surface area contributed by atoms with Crippen LogP contribution in [-0.2, 0) is 9.53 Å². The molecule has 2 heterocycles. The Morgan fingerprint density at radius 2 is 1.93 bits per heavy atom. The molecule has 3 aromatic rings. The molecule has 142 valence electrons. The largest absolute Gasteiger partial charge is 0.491 e. The molecule has 0 aliphatic carbocycles. The minimum Gasteiger partial charge on any atom is -0.491 e. The SMILES string of the molecule is CCOC(=O)C(C)n1cnc2scc(-c3ccc(OC(C)C)cc3)c2c1=O. The molecular weight excluding hydrogens is 364 g/mol. The third-order valence-corrected chi connectivity index (χ3v) is 4.99. The summed E-state index contributed by atoms with van der Waals surface area (Å²) in [6.07, 6.45) is 1.50. The Morgan fingerprint density at radius 1 is 1.22 bits per heavy atom. The smallest absolute Gasteiger partial charge is 0.328 e. The Kier molecular flexibility index (Phi) is 5.60. The molecule has 2 aromatic heterocycles. The van der Waals surface area contributed by atoms with E-state index in [2.05, 4.69) is 4.98 Å². The van der Waals surface area contributed by atoms with Crippen LogP contribution < -0.4 is 10.3 Å². The average Bonchev–Trinajstić information content (AvgIpc) is 3.07. The van der Waals surface area contributed by atoms with Crippen LogP contribution in [0.4, 0.5) is 0 Å². The number of rotatable bonds is 6. The minimum absolute atomic E-state index is 0.0959. The number of fused-ring (bicyclic) bond motifs is 1. The number of carbonyl (C=O) groups excluding carboxylic acids is 1. The lowest BCUT2D eigenvalue weighted by Gasteiger charge is -2.13. The molecule has 7 heteroatoms. The van der Waals surface area contributed by atoms with Crippen molar-refractivity contribution in [2.45, 2.75) is 39.8 Å². The van der Waals surface area contributed by atoms with Crippen LogP contribution in [0.3, 0.4) is 0 Å². The Bertz CT molecular complexity index is 1000. The average molecular weight is 386 g/mol. The zero-order valence-electron chi connectivity index (χ0n) is 15.8. The van der Waals surface area contributed by atoms with E-state index in [4.69, 9.17) is 9.47 Å². The van der Waals surface area contributed by atoms with Crippen molar-refractivity contribution in [1.82, 2.24) is 9.55 Å². The van der Waals surface area contributed by atoms with Gasteiger partial charge in [-0.25, -0.2) is 9.78 Å². The molecule has 0 saturated heterocycles. The molecule has 0 saturated carbocycles. The van der Waals surface area contributed by atoms with E-state index in [0.717, 1.165) is 16.9 Å². The Labute approximate surface area is 161 Å². The van der Waals surface area contributed by atoms with Gasteiger partial charge in [0.1, 0.15) is 16.6 Å². The van der Waals surface area contributed by atoms with E-state index in [1.165, 1.54) is 22.2 Å². The van der Waals surface area contributed by atoms with Gasteiger partial charge < -0.3 is 9.47 Å². The van der Waals surface area contributed by atoms with Crippen LogP contribution in [0.15, 0.2) is 40.8 Å². The quantitative estimate of drug-likeness (QED) is 0.598. The summed E-state index contributed by atoms with van der Waals surface area (Å²) >= 11 is 1.40. The van der Waals surface area contributed by atoms with Crippen molar-refractivity contribution < 1.29 is 14.3 Å². The molecular formula is C20H22N2O4S. The molecule has 0 aliphatic rings. The highest BCUT2D eigenvalue weighted by Crippen LogP contribution is 2.32. The normalized spacial score (nSPS) is 12.3. The number of aromatic nitrogens is 2. The van der Waals surface area contributed by atoms with Gasteiger partial charge in [0.05, 0.1) is 24.4 Å². The van der Waals surface area contributed by atoms with Gasteiger partial charge in [-0.15, -0.1) is 11.3 Å². The highest BCUT2D eigenvalue weighted by atomic mass is 32.1. The van der Waals surface area contributed by atoms with Crippen LogP contribution in [-0.4, -0.2) is 28.2 Å². The summed E-state index contributed by atoms with van der Waals surface area (Å²) in [5.74, 6) is 0.326. The monoisotopic (exact) mass is 386 g/mol. The molecule has 0 fully saturated rings. The zero-order chi connectivity index (χ0) is 19.6. The number of esters is 1. The molecule has 1 atom stereocenters. The van der Waals surface area contributed by atoms with Crippen molar-refractivity contribution >= 4 is 27.5 Å². The maximum atomic E-state index is 13.0. The molecule has 0 N–H and O–H groups in total. The molecule has 0 spiro atoms. The maximum absolute atomic E-state index is 13.0. The third kappa shape index (κ3) is 3.88. The fourth-order valence-corrected chi connectivity index (χ4v) is 3.70. The predicted octanol–water partition coefficient (Wildman–Crippen LogP) is 4.04. The molecule has 6 nitrogen and oxygen atoms in total. The number of nitrogens with zero attached hydrogens (tertiary/aromatic N) is 2. The first kappa shape index (κ1) is 19.1. The van der Waals surface area contributed by atoms with Crippen LogP contribution in [0, 0.1) is 0 Å². The maximum Gasteiger partial charge on any atom is 0.328 e. The number of hydrogen-bond acceptors (Lipinski definition) is 6. The van der Waals surface area contributed by atoms with Gasteiger partial charge in [0.15, 0.2) is 0 Å². The topological polar surface area (TPSA) is 70.4 Å². The van der Waals surface area contributed by atoms with Gasteiger partial charge in [-0.05, 0) is 45.4 Å². The zero-order valence-corrected chi connectivity index (χ0v) is 16.6. The summed E-state index contributed by atoms with van der Waals surface area (Å²) in [5, 5.41) is 2.42. The van der Waals surface area contributed by atoms with Crippen molar-refractivity contribution in [2.75, 3.05) is 6.61 Å². The van der Waals surface area contributed by atoms with Gasteiger partial charge in [-0.2, -0.15) is 0 Å². The number of ether oxygens (including phenoxy) is 2. The van der Waals surface area contributed by atoms with E-state index in [-0.39, 0.29) is 18.3 Å². The number of benzene rings is 1. The fraction of sp³-hybridized carbons (Fsp3) is 0.350. The summed E-state index contributed by atoms with van der Waals surface area (Å²) in [7, 11) is 0. The lowest BCUT2D eigenvalue weighted by atomic mass is 10.1. The van der Waals surface area contributed by atoms with Crippen LogP contribution in [0.2, 0.25) is 0 Å². The Morgan fingerprint density at radius 3 is 2.56 bits per heavy atom. The first-order valence-corrected chi connectivity index (χ1v) is 9.72. The van der Waals surface area contributed by atoms with Gasteiger partial charge >= 0.3 is 5.97 Å². The summed E-state index contributed by atoms with van der Waals surface area (Å²) in [5.41, 5.74) is 1.45. The standard InChI is InChI=1S/C20H22N2O4S/c1-5-25-20(24)13(4)22-11-21-18-17(19(22)23)16(10-27-18)14-6-8-15(9-7-14)26-12(2)3/h6-13H,5H2,1-4H3. The number of hydrogen-bond donors (Lipinski definition) is 0. The first-order chi connectivity index (χ1) is 12.9. The van der Waals surface area contributed by atoms with E-state index < -0.39 is 12.0 Å². The second kappa shape index (κ2) is 7.92.